The molecule has 1 aliphatic rings. The van der Waals surface area contributed by atoms with E-state index in [-0.39, 0.29) is 11.8 Å². The van der Waals surface area contributed by atoms with E-state index in [9.17, 15) is 4.79 Å². The maximum absolute atomic E-state index is 12.9. The molecule has 2 aromatic heterocycles. The largest absolute Gasteiger partial charge is 0.494 e. The van der Waals surface area contributed by atoms with E-state index in [2.05, 4.69) is 20.2 Å². The molecule has 2 aromatic carbocycles. The van der Waals surface area contributed by atoms with Crippen LogP contribution >= 0.6 is 0 Å². The zero-order chi connectivity index (χ0) is 21.2. The van der Waals surface area contributed by atoms with Crippen LogP contribution in [0.3, 0.4) is 0 Å². The van der Waals surface area contributed by atoms with Crippen molar-refractivity contribution >= 4 is 39.5 Å². The van der Waals surface area contributed by atoms with Gasteiger partial charge in [0.1, 0.15) is 23.2 Å². The number of rotatable bonds is 5. The lowest BCUT2D eigenvalue weighted by molar-refractivity contribution is -0.120. The number of amides is 1. The average Bonchev–Trinajstić information content (AvgIpc) is 3.19. The van der Waals surface area contributed by atoms with Crippen LogP contribution in [0.2, 0.25) is 0 Å². The fourth-order valence-electron chi connectivity index (χ4n) is 4.17. The van der Waals surface area contributed by atoms with E-state index in [0.717, 1.165) is 53.1 Å². The van der Waals surface area contributed by atoms with Crippen LogP contribution in [0.4, 0.5) is 11.5 Å². The molecule has 1 atom stereocenters. The third-order valence-electron chi connectivity index (χ3n) is 5.66. The fourth-order valence-corrected chi connectivity index (χ4v) is 4.17. The minimum absolute atomic E-state index is 0.0174. The van der Waals surface area contributed by atoms with E-state index in [1.807, 2.05) is 55.5 Å². The Hall–Kier alpha value is -3.61. The number of carbonyl (C=O) groups is 1. The molecule has 158 valence electrons. The fraction of sp³-hybridized carbons (Fsp3) is 0.292. The Kier molecular flexibility index (Phi) is 5.16. The highest BCUT2D eigenvalue weighted by atomic mass is 16.5. The number of hydrogen-bond donors (Lipinski definition) is 1. The summed E-state index contributed by atoms with van der Waals surface area (Å²) in [5.74, 6) is 1.43. The lowest BCUT2D eigenvalue weighted by Gasteiger charge is -2.32. The van der Waals surface area contributed by atoms with Crippen molar-refractivity contribution in [3.8, 4) is 5.75 Å². The first kappa shape index (κ1) is 19.4. The summed E-state index contributed by atoms with van der Waals surface area (Å²) in [7, 11) is 0. The van der Waals surface area contributed by atoms with E-state index in [1.165, 1.54) is 0 Å². The maximum Gasteiger partial charge on any atom is 0.229 e. The van der Waals surface area contributed by atoms with Crippen molar-refractivity contribution in [2.75, 3.05) is 29.9 Å². The molecular formula is C24H24N4O3. The average molecular weight is 416 g/mol. The molecule has 3 heterocycles. The molecule has 1 saturated heterocycles. The summed E-state index contributed by atoms with van der Waals surface area (Å²) in [5, 5.41) is 4.01. The summed E-state index contributed by atoms with van der Waals surface area (Å²) in [4.78, 5) is 24.0. The quantitative estimate of drug-likeness (QED) is 0.511. The molecule has 31 heavy (non-hydrogen) atoms. The Labute approximate surface area is 180 Å². The highest BCUT2D eigenvalue weighted by Crippen LogP contribution is 2.34. The van der Waals surface area contributed by atoms with Crippen molar-refractivity contribution in [3.05, 3.63) is 54.9 Å². The third-order valence-corrected chi connectivity index (χ3v) is 5.66. The molecule has 4 aromatic rings. The van der Waals surface area contributed by atoms with E-state index in [1.54, 1.807) is 6.33 Å². The van der Waals surface area contributed by atoms with Crippen molar-refractivity contribution in [1.82, 2.24) is 9.97 Å². The number of fused-ring (bicyclic) bond motifs is 3. The highest BCUT2D eigenvalue weighted by Gasteiger charge is 2.28. The van der Waals surface area contributed by atoms with Crippen molar-refractivity contribution < 1.29 is 13.9 Å². The Bertz CT molecular complexity index is 1220. The molecule has 0 unspecified atom stereocenters. The van der Waals surface area contributed by atoms with Crippen LogP contribution in [-0.4, -0.2) is 35.6 Å². The molecule has 1 N–H and O–H groups in total. The number of piperidine rings is 1. The van der Waals surface area contributed by atoms with Gasteiger partial charge in [-0.15, -0.1) is 0 Å². The van der Waals surface area contributed by atoms with Gasteiger partial charge in [0.25, 0.3) is 0 Å². The molecule has 1 fully saturated rings. The van der Waals surface area contributed by atoms with Gasteiger partial charge in [0.05, 0.1) is 12.5 Å². The van der Waals surface area contributed by atoms with Gasteiger partial charge in [-0.25, -0.2) is 9.97 Å². The normalized spacial score (nSPS) is 16.5. The number of aromatic nitrogens is 2. The molecule has 7 heteroatoms. The van der Waals surface area contributed by atoms with Crippen molar-refractivity contribution in [3.63, 3.8) is 0 Å². The second-order valence-corrected chi connectivity index (χ2v) is 7.71. The van der Waals surface area contributed by atoms with Gasteiger partial charge < -0.3 is 19.4 Å². The standard InChI is InChI=1S/C24H24N4O3/c1-2-30-18-11-9-17(10-12-18)27-24(29)16-6-5-13-28(14-16)23-22-21(25-15-26-23)19-7-3-4-8-20(19)31-22/h3-4,7-12,15-16H,2,5-6,13-14H2,1H3,(H,27,29)/t16-/m0/s1. The maximum atomic E-state index is 12.9. The summed E-state index contributed by atoms with van der Waals surface area (Å²) in [6.45, 7) is 3.98. The molecule has 1 aliphatic heterocycles. The van der Waals surface area contributed by atoms with Crippen molar-refractivity contribution in [2.45, 2.75) is 19.8 Å². The second kappa shape index (κ2) is 8.26. The summed E-state index contributed by atoms with van der Waals surface area (Å²) >= 11 is 0. The summed E-state index contributed by atoms with van der Waals surface area (Å²) in [6.07, 6.45) is 3.32. The third kappa shape index (κ3) is 3.79. The second-order valence-electron chi connectivity index (χ2n) is 7.71. The predicted molar refractivity (Wildman–Crippen MR) is 120 cm³/mol. The van der Waals surface area contributed by atoms with Gasteiger partial charge in [-0.1, -0.05) is 12.1 Å². The smallest absolute Gasteiger partial charge is 0.229 e. The number of furan rings is 1. The molecule has 0 aliphatic carbocycles. The monoisotopic (exact) mass is 416 g/mol. The van der Waals surface area contributed by atoms with Gasteiger partial charge in [-0.3, -0.25) is 4.79 Å². The first-order valence-electron chi connectivity index (χ1n) is 10.6. The Morgan fingerprint density at radius 1 is 1.19 bits per heavy atom. The van der Waals surface area contributed by atoms with Crippen LogP contribution < -0.4 is 15.0 Å². The molecule has 0 bridgehead atoms. The summed E-state index contributed by atoms with van der Waals surface area (Å²) in [5.41, 5.74) is 3.05. The zero-order valence-electron chi connectivity index (χ0n) is 17.4. The van der Waals surface area contributed by atoms with E-state index >= 15 is 0 Å². The molecule has 0 radical (unpaired) electrons. The lowest BCUT2D eigenvalue weighted by atomic mass is 9.97. The number of para-hydroxylation sites is 1. The highest BCUT2D eigenvalue weighted by molar-refractivity contribution is 6.05. The topological polar surface area (TPSA) is 80.5 Å². The number of nitrogens with one attached hydrogen (secondary N) is 1. The molecule has 7 nitrogen and oxygen atoms in total. The summed E-state index contributed by atoms with van der Waals surface area (Å²) in [6, 6.07) is 15.3. The zero-order valence-corrected chi connectivity index (χ0v) is 17.4. The lowest BCUT2D eigenvalue weighted by Crippen LogP contribution is -2.41. The van der Waals surface area contributed by atoms with Crippen LogP contribution in [0.25, 0.3) is 22.1 Å². The Balaban J connectivity index is 1.35. The summed E-state index contributed by atoms with van der Waals surface area (Å²) < 4.78 is 11.5. The van der Waals surface area contributed by atoms with Crippen LogP contribution in [0, 0.1) is 5.92 Å². The van der Waals surface area contributed by atoms with Gasteiger partial charge in [0.2, 0.25) is 5.91 Å². The first-order chi connectivity index (χ1) is 15.2. The van der Waals surface area contributed by atoms with Crippen molar-refractivity contribution in [2.24, 2.45) is 5.92 Å². The molecule has 1 amide bonds. The number of benzene rings is 2. The Morgan fingerprint density at radius 2 is 2.03 bits per heavy atom. The van der Waals surface area contributed by atoms with Gasteiger partial charge in [0.15, 0.2) is 11.4 Å². The number of carbonyl (C=O) groups excluding carboxylic acids is 1. The molecule has 0 spiro atoms. The minimum atomic E-state index is -0.130. The SMILES string of the molecule is CCOc1ccc(NC(=O)[C@H]2CCCN(c3ncnc4c3oc3ccccc34)C2)cc1. The van der Waals surface area contributed by atoms with Crippen molar-refractivity contribution in [1.29, 1.82) is 0 Å². The number of anilines is 2. The van der Waals surface area contributed by atoms with E-state index < -0.39 is 0 Å². The van der Waals surface area contributed by atoms with E-state index in [4.69, 9.17) is 9.15 Å². The van der Waals surface area contributed by atoms with Crippen LogP contribution in [-0.2, 0) is 4.79 Å². The van der Waals surface area contributed by atoms with Crippen LogP contribution in [0.15, 0.2) is 59.3 Å². The van der Waals surface area contributed by atoms with Crippen LogP contribution in [0.5, 0.6) is 5.75 Å². The number of ether oxygens (including phenoxy) is 1. The molecule has 0 saturated carbocycles. The number of hydrogen-bond acceptors (Lipinski definition) is 6. The van der Waals surface area contributed by atoms with Gasteiger partial charge in [0, 0.05) is 24.2 Å². The molecular weight excluding hydrogens is 392 g/mol. The van der Waals surface area contributed by atoms with Crippen LogP contribution in [0.1, 0.15) is 19.8 Å². The predicted octanol–water partition coefficient (Wildman–Crippen LogP) is 4.63. The van der Waals surface area contributed by atoms with Gasteiger partial charge in [-0.05, 0) is 56.2 Å². The first-order valence-corrected chi connectivity index (χ1v) is 10.6. The van der Waals surface area contributed by atoms with Gasteiger partial charge in [-0.2, -0.15) is 0 Å². The number of nitrogens with zero attached hydrogens (tertiary/aromatic N) is 3. The minimum Gasteiger partial charge on any atom is -0.494 e. The Morgan fingerprint density at radius 3 is 2.87 bits per heavy atom. The molecule has 5 rings (SSSR count). The van der Waals surface area contributed by atoms with E-state index in [0.29, 0.717) is 18.7 Å². The van der Waals surface area contributed by atoms with Gasteiger partial charge >= 0.3 is 0 Å².